The SMILES string of the molecule is Cc1ccc(S(=O)(=O)OCCC(C)(O)CC#C[Si](C)(C)C)cc1. The number of hydrogen-bond donors (Lipinski definition) is 1. The van der Waals surface area contributed by atoms with Crippen LogP contribution >= 0.6 is 0 Å². The van der Waals surface area contributed by atoms with Crippen molar-refractivity contribution in [1.29, 1.82) is 0 Å². The predicted octanol–water partition coefficient (Wildman–Crippen LogP) is 3.11. The molecule has 0 radical (unpaired) electrons. The van der Waals surface area contributed by atoms with Gasteiger partial charge < -0.3 is 5.11 Å². The van der Waals surface area contributed by atoms with Crippen LogP contribution < -0.4 is 0 Å². The fourth-order valence-electron chi connectivity index (χ4n) is 1.73. The lowest BCUT2D eigenvalue weighted by Gasteiger charge is -2.20. The van der Waals surface area contributed by atoms with Crippen LogP contribution in [0, 0.1) is 18.4 Å². The second-order valence-electron chi connectivity index (χ2n) is 7.06. The van der Waals surface area contributed by atoms with Gasteiger partial charge in [-0.3, -0.25) is 4.18 Å². The van der Waals surface area contributed by atoms with Gasteiger partial charge in [-0.05, 0) is 26.0 Å². The second kappa shape index (κ2) is 7.62. The quantitative estimate of drug-likeness (QED) is 0.484. The number of aryl methyl sites for hydroxylation is 1. The maximum absolute atomic E-state index is 12.0. The van der Waals surface area contributed by atoms with E-state index in [1.165, 1.54) is 12.1 Å². The molecule has 6 heteroatoms. The average molecular weight is 355 g/mol. The largest absolute Gasteiger partial charge is 0.389 e. The highest BCUT2D eigenvalue weighted by atomic mass is 32.2. The molecule has 0 aliphatic rings. The van der Waals surface area contributed by atoms with E-state index in [-0.39, 0.29) is 17.9 Å². The lowest BCUT2D eigenvalue weighted by Crippen LogP contribution is -2.26. The summed E-state index contributed by atoms with van der Waals surface area (Å²) in [5.74, 6) is 3.01. The molecule has 0 heterocycles. The van der Waals surface area contributed by atoms with Crippen LogP contribution in [0.3, 0.4) is 0 Å². The number of rotatable bonds is 6. The normalized spacial score (nSPS) is 14.7. The first-order valence-corrected chi connectivity index (χ1v) is 12.5. The highest BCUT2D eigenvalue weighted by Crippen LogP contribution is 2.18. The van der Waals surface area contributed by atoms with E-state index in [1.54, 1.807) is 19.1 Å². The van der Waals surface area contributed by atoms with Crippen molar-refractivity contribution in [3.05, 3.63) is 29.8 Å². The Morgan fingerprint density at radius 2 is 1.78 bits per heavy atom. The van der Waals surface area contributed by atoms with Crippen molar-refractivity contribution in [3.63, 3.8) is 0 Å². The van der Waals surface area contributed by atoms with Crippen LogP contribution in [0.25, 0.3) is 0 Å². The topological polar surface area (TPSA) is 63.6 Å². The van der Waals surface area contributed by atoms with E-state index < -0.39 is 23.8 Å². The van der Waals surface area contributed by atoms with Gasteiger partial charge in [-0.1, -0.05) is 37.3 Å². The van der Waals surface area contributed by atoms with Crippen LogP contribution in [0.2, 0.25) is 19.6 Å². The molecule has 0 aliphatic carbocycles. The molecule has 0 fully saturated rings. The first kappa shape index (κ1) is 19.9. The van der Waals surface area contributed by atoms with Crippen LogP contribution in [-0.2, 0) is 14.3 Å². The molecule has 1 rings (SSSR count). The minimum Gasteiger partial charge on any atom is -0.389 e. The first-order valence-electron chi connectivity index (χ1n) is 7.60. The maximum atomic E-state index is 12.0. The third-order valence-corrected chi connectivity index (χ3v) is 5.37. The van der Waals surface area contributed by atoms with Gasteiger partial charge in [-0.2, -0.15) is 8.42 Å². The van der Waals surface area contributed by atoms with Crippen LogP contribution in [0.4, 0.5) is 0 Å². The molecule has 1 aromatic rings. The molecule has 0 saturated carbocycles. The zero-order valence-electron chi connectivity index (χ0n) is 14.5. The number of benzene rings is 1. The molecule has 0 spiro atoms. The lowest BCUT2D eigenvalue weighted by molar-refractivity contribution is 0.0428. The third kappa shape index (κ3) is 7.80. The van der Waals surface area contributed by atoms with Gasteiger partial charge >= 0.3 is 0 Å². The standard InChI is InChI=1S/C17H26O4SSi/c1-15-7-9-16(10-8-15)22(19,20)21-13-12-17(2,18)11-6-14-23(3,4)5/h7-10,18H,11-13H2,1-5H3. The number of hydrogen-bond acceptors (Lipinski definition) is 4. The van der Waals surface area contributed by atoms with Crippen LogP contribution in [0.15, 0.2) is 29.2 Å². The summed E-state index contributed by atoms with van der Waals surface area (Å²) < 4.78 is 29.1. The van der Waals surface area contributed by atoms with E-state index in [0.29, 0.717) is 6.42 Å². The molecule has 1 aromatic carbocycles. The third-order valence-electron chi connectivity index (χ3n) is 3.12. The van der Waals surface area contributed by atoms with E-state index in [0.717, 1.165) is 5.56 Å². The summed E-state index contributed by atoms with van der Waals surface area (Å²) in [6.07, 6.45) is 0.518. The zero-order chi connectivity index (χ0) is 17.7. The van der Waals surface area contributed by atoms with E-state index >= 15 is 0 Å². The van der Waals surface area contributed by atoms with Gasteiger partial charge in [-0.15, -0.1) is 11.5 Å². The molecule has 0 saturated heterocycles. The highest BCUT2D eigenvalue weighted by Gasteiger charge is 2.22. The van der Waals surface area contributed by atoms with Crippen LogP contribution in [-0.4, -0.2) is 33.8 Å². The molecule has 0 aliphatic heterocycles. The Kier molecular flexibility index (Phi) is 6.60. The first-order chi connectivity index (χ1) is 10.4. The van der Waals surface area contributed by atoms with Gasteiger partial charge in [0.1, 0.15) is 8.07 Å². The van der Waals surface area contributed by atoms with Crippen LogP contribution in [0.1, 0.15) is 25.3 Å². The minimum atomic E-state index is -3.78. The minimum absolute atomic E-state index is 0.0716. The second-order valence-corrected chi connectivity index (χ2v) is 13.4. The predicted molar refractivity (Wildman–Crippen MR) is 95.3 cm³/mol. The summed E-state index contributed by atoms with van der Waals surface area (Å²) in [4.78, 5) is 0.126. The van der Waals surface area contributed by atoms with Crippen molar-refractivity contribution in [2.75, 3.05) is 6.61 Å². The molecule has 1 N–H and O–H groups in total. The summed E-state index contributed by atoms with van der Waals surface area (Å²) in [6, 6.07) is 6.47. The average Bonchev–Trinajstić information content (AvgIpc) is 2.36. The van der Waals surface area contributed by atoms with E-state index in [9.17, 15) is 13.5 Å². The van der Waals surface area contributed by atoms with Gasteiger partial charge in [-0.25, -0.2) is 0 Å². The van der Waals surface area contributed by atoms with Crippen LogP contribution in [0.5, 0.6) is 0 Å². The van der Waals surface area contributed by atoms with Crippen molar-refractivity contribution < 1.29 is 17.7 Å². The lowest BCUT2D eigenvalue weighted by atomic mass is 9.99. The molecular formula is C17H26O4SSi. The van der Waals surface area contributed by atoms with E-state index in [4.69, 9.17) is 4.18 Å². The molecule has 0 bridgehead atoms. The van der Waals surface area contributed by atoms with Gasteiger partial charge in [0.2, 0.25) is 0 Å². The van der Waals surface area contributed by atoms with Crippen molar-refractivity contribution >= 4 is 18.2 Å². The summed E-state index contributed by atoms with van der Waals surface area (Å²) in [6.45, 7) is 9.85. The van der Waals surface area contributed by atoms with Crippen molar-refractivity contribution in [2.45, 2.75) is 56.8 Å². The Bertz CT molecular complexity index is 674. The molecule has 1 atom stereocenters. The molecule has 0 aromatic heterocycles. The van der Waals surface area contributed by atoms with Crippen molar-refractivity contribution in [1.82, 2.24) is 0 Å². The molecule has 0 amide bonds. The Balaban J connectivity index is 2.57. The Hall–Kier alpha value is -1.13. The van der Waals surface area contributed by atoms with Gasteiger partial charge in [0.15, 0.2) is 0 Å². The van der Waals surface area contributed by atoms with E-state index in [1.807, 2.05) is 6.92 Å². The molecule has 1 unspecified atom stereocenters. The fourth-order valence-corrected chi connectivity index (χ4v) is 3.26. The summed E-state index contributed by atoms with van der Waals surface area (Å²) in [5, 5.41) is 10.3. The smallest absolute Gasteiger partial charge is 0.296 e. The fraction of sp³-hybridized carbons (Fsp3) is 0.529. The van der Waals surface area contributed by atoms with Gasteiger partial charge in [0.05, 0.1) is 17.1 Å². The molecular weight excluding hydrogens is 328 g/mol. The Morgan fingerprint density at radius 3 is 2.30 bits per heavy atom. The Labute approximate surface area is 141 Å². The zero-order valence-corrected chi connectivity index (χ0v) is 16.3. The molecule has 4 nitrogen and oxygen atoms in total. The highest BCUT2D eigenvalue weighted by molar-refractivity contribution is 7.86. The van der Waals surface area contributed by atoms with Crippen molar-refractivity contribution in [2.24, 2.45) is 0 Å². The van der Waals surface area contributed by atoms with Crippen molar-refractivity contribution in [3.8, 4) is 11.5 Å². The summed E-state index contributed by atoms with van der Waals surface area (Å²) in [7, 11) is -5.25. The maximum Gasteiger partial charge on any atom is 0.296 e. The van der Waals surface area contributed by atoms with E-state index in [2.05, 4.69) is 31.1 Å². The summed E-state index contributed by atoms with van der Waals surface area (Å²) >= 11 is 0. The van der Waals surface area contributed by atoms with Gasteiger partial charge in [0, 0.05) is 12.8 Å². The summed E-state index contributed by atoms with van der Waals surface area (Å²) in [5.41, 5.74) is 3.11. The Morgan fingerprint density at radius 1 is 1.22 bits per heavy atom. The molecule has 128 valence electrons. The number of aliphatic hydroxyl groups is 1. The molecule has 23 heavy (non-hydrogen) atoms. The monoisotopic (exact) mass is 354 g/mol. The van der Waals surface area contributed by atoms with Gasteiger partial charge in [0.25, 0.3) is 10.1 Å².